The molecule has 0 bridgehead atoms. The van der Waals surface area contributed by atoms with Crippen molar-refractivity contribution in [2.75, 3.05) is 18.6 Å². The van der Waals surface area contributed by atoms with Gasteiger partial charge in [0.05, 0.1) is 6.42 Å². The molecule has 1 heterocycles. The second-order valence-electron chi connectivity index (χ2n) is 5.69. The molecule has 0 saturated heterocycles. The third kappa shape index (κ3) is 2.65. The van der Waals surface area contributed by atoms with Gasteiger partial charge in [-0.25, -0.2) is 0 Å². The average molecular weight is 262 g/mol. The van der Waals surface area contributed by atoms with Crippen LogP contribution < -0.4 is 10.2 Å². The Labute approximate surface area is 114 Å². The van der Waals surface area contributed by atoms with Crippen molar-refractivity contribution in [3.8, 4) is 0 Å². The molecule has 4 heteroatoms. The molecule has 19 heavy (non-hydrogen) atoms. The summed E-state index contributed by atoms with van der Waals surface area (Å²) < 4.78 is 0. The molecule has 0 saturated carbocycles. The quantitative estimate of drug-likeness (QED) is 0.844. The van der Waals surface area contributed by atoms with E-state index in [1.165, 1.54) is 5.56 Å². The molecule has 0 atom stereocenters. The maximum atomic E-state index is 12.3. The van der Waals surface area contributed by atoms with Gasteiger partial charge in [-0.05, 0) is 44.5 Å². The van der Waals surface area contributed by atoms with Crippen molar-refractivity contribution in [2.45, 2.75) is 38.8 Å². The fourth-order valence-electron chi connectivity index (χ4n) is 2.74. The molecule has 1 aliphatic heterocycles. The fourth-order valence-corrected chi connectivity index (χ4v) is 2.74. The van der Waals surface area contributed by atoms with E-state index < -0.39 is 0 Å². The number of rotatable bonds is 5. The van der Waals surface area contributed by atoms with Gasteiger partial charge in [-0.1, -0.05) is 12.1 Å². The molecular weight excluding hydrogens is 240 g/mol. The van der Waals surface area contributed by atoms with Crippen LogP contribution in [0.15, 0.2) is 18.2 Å². The number of anilines is 1. The summed E-state index contributed by atoms with van der Waals surface area (Å²) in [4.78, 5) is 14.1. The standard InChI is InChI=1S/C15H22N2O2/c1-15(2,6-7-18)17-13-5-4-11(10-16-3)8-12(13)9-14(17)19/h4-5,8,16,18H,6-7,9-10H2,1-3H3. The fraction of sp³-hybridized carbons (Fsp3) is 0.533. The van der Waals surface area contributed by atoms with Gasteiger partial charge in [0.2, 0.25) is 5.91 Å². The number of aliphatic hydroxyl groups excluding tert-OH is 1. The van der Waals surface area contributed by atoms with Crippen molar-refractivity contribution in [3.63, 3.8) is 0 Å². The lowest BCUT2D eigenvalue weighted by Gasteiger charge is -2.35. The van der Waals surface area contributed by atoms with Crippen LogP contribution in [-0.2, 0) is 17.8 Å². The molecule has 4 nitrogen and oxygen atoms in total. The smallest absolute Gasteiger partial charge is 0.231 e. The van der Waals surface area contributed by atoms with Crippen molar-refractivity contribution in [1.29, 1.82) is 0 Å². The first-order valence-corrected chi connectivity index (χ1v) is 6.70. The number of nitrogens with zero attached hydrogens (tertiary/aromatic N) is 1. The van der Waals surface area contributed by atoms with E-state index in [-0.39, 0.29) is 18.1 Å². The van der Waals surface area contributed by atoms with E-state index in [1.807, 2.05) is 31.9 Å². The Hall–Kier alpha value is -1.39. The Bertz CT molecular complexity index is 483. The van der Waals surface area contributed by atoms with Crippen molar-refractivity contribution >= 4 is 11.6 Å². The first-order chi connectivity index (χ1) is 8.99. The first-order valence-electron chi connectivity index (χ1n) is 6.70. The van der Waals surface area contributed by atoms with E-state index in [4.69, 9.17) is 5.11 Å². The number of benzene rings is 1. The SMILES string of the molecule is CNCc1ccc2c(c1)CC(=O)N2C(C)(C)CCO. The molecule has 0 spiro atoms. The Morgan fingerprint density at radius 3 is 2.79 bits per heavy atom. The molecule has 1 aromatic rings. The highest BCUT2D eigenvalue weighted by atomic mass is 16.3. The zero-order valence-electron chi connectivity index (χ0n) is 11.9. The summed E-state index contributed by atoms with van der Waals surface area (Å²) >= 11 is 0. The highest BCUT2D eigenvalue weighted by Crippen LogP contribution is 2.36. The van der Waals surface area contributed by atoms with Gasteiger partial charge in [-0.3, -0.25) is 4.79 Å². The number of carbonyl (C=O) groups excluding carboxylic acids is 1. The highest BCUT2D eigenvalue weighted by Gasteiger charge is 2.37. The van der Waals surface area contributed by atoms with E-state index in [0.717, 1.165) is 17.8 Å². The minimum absolute atomic E-state index is 0.0873. The van der Waals surface area contributed by atoms with Gasteiger partial charge in [0.25, 0.3) is 0 Å². The van der Waals surface area contributed by atoms with E-state index in [9.17, 15) is 4.79 Å². The van der Waals surface area contributed by atoms with Crippen LogP contribution in [0.3, 0.4) is 0 Å². The number of hydrogen-bond acceptors (Lipinski definition) is 3. The van der Waals surface area contributed by atoms with Crippen LogP contribution in [0.2, 0.25) is 0 Å². The number of hydrogen-bond donors (Lipinski definition) is 2. The minimum atomic E-state index is -0.346. The van der Waals surface area contributed by atoms with Gasteiger partial charge in [-0.2, -0.15) is 0 Å². The molecule has 1 aliphatic rings. The molecule has 0 radical (unpaired) electrons. The van der Waals surface area contributed by atoms with Crippen LogP contribution >= 0.6 is 0 Å². The van der Waals surface area contributed by atoms with Gasteiger partial charge in [0, 0.05) is 24.4 Å². The van der Waals surface area contributed by atoms with E-state index in [2.05, 4.69) is 17.4 Å². The number of amides is 1. The zero-order valence-corrected chi connectivity index (χ0v) is 11.9. The van der Waals surface area contributed by atoms with Gasteiger partial charge in [-0.15, -0.1) is 0 Å². The molecule has 0 aliphatic carbocycles. The highest BCUT2D eigenvalue weighted by molar-refractivity contribution is 6.02. The second-order valence-corrected chi connectivity index (χ2v) is 5.69. The van der Waals surface area contributed by atoms with Crippen LogP contribution in [0.4, 0.5) is 5.69 Å². The lowest BCUT2D eigenvalue weighted by molar-refractivity contribution is -0.118. The first kappa shape index (κ1) is 14.0. The second kappa shape index (κ2) is 5.31. The normalized spacial score (nSPS) is 14.9. The predicted molar refractivity (Wildman–Crippen MR) is 76.2 cm³/mol. The molecule has 2 rings (SSSR count). The Kier molecular flexibility index (Phi) is 3.92. The molecule has 0 fully saturated rings. The number of nitrogens with one attached hydrogen (secondary N) is 1. The largest absolute Gasteiger partial charge is 0.396 e. The molecule has 0 unspecified atom stereocenters. The summed E-state index contributed by atoms with van der Waals surface area (Å²) in [7, 11) is 1.91. The van der Waals surface area contributed by atoms with Gasteiger partial charge in [0.1, 0.15) is 0 Å². The van der Waals surface area contributed by atoms with Crippen molar-refractivity contribution in [2.24, 2.45) is 0 Å². The molecule has 104 valence electrons. The summed E-state index contributed by atoms with van der Waals surface area (Å²) in [6.45, 7) is 4.89. The van der Waals surface area contributed by atoms with Crippen LogP contribution in [-0.4, -0.2) is 30.2 Å². The van der Waals surface area contributed by atoms with Crippen molar-refractivity contribution < 1.29 is 9.90 Å². The third-order valence-corrected chi connectivity index (χ3v) is 3.69. The maximum Gasteiger partial charge on any atom is 0.231 e. The van der Waals surface area contributed by atoms with Crippen LogP contribution in [0.1, 0.15) is 31.4 Å². The molecule has 2 N–H and O–H groups in total. The van der Waals surface area contributed by atoms with Crippen molar-refractivity contribution in [3.05, 3.63) is 29.3 Å². The monoisotopic (exact) mass is 262 g/mol. The van der Waals surface area contributed by atoms with Crippen LogP contribution in [0.25, 0.3) is 0 Å². The topological polar surface area (TPSA) is 52.6 Å². The van der Waals surface area contributed by atoms with Crippen LogP contribution in [0.5, 0.6) is 0 Å². The summed E-state index contributed by atoms with van der Waals surface area (Å²) in [6, 6.07) is 6.17. The van der Waals surface area contributed by atoms with Crippen LogP contribution in [0, 0.1) is 0 Å². The number of carbonyl (C=O) groups is 1. The minimum Gasteiger partial charge on any atom is -0.396 e. The molecule has 1 amide bonds. The van der Waals surface area contributed by atoms with E-state index in [0.29, 0.717) is 12.8 Å². The Morgan fingerprint density at radius 2 is 2.16 bits per heavy atom. The lowest BCUT2D eigenvalue weighted by Crippen LogP contribution is -2.46. The zero-order chi connectivity index (χ0) is 14.0. The van der Waals surface area contributed by atoms with Crippen molar-refractivity contribution in [1.82, 2.24) is 5.32 Å². The maximum absolute atomic E-state index is 12.3. The summed E-state index contributed by atoms with van der Waals surface area (Å²) in [5.41, 5.74) is 2.92. The lowest BCUT2D eigenvalue weighted by atomic mass is 9.98. The average Bonchev–Trinajstić information content (AvgIpc) is 2.65. The summed E-state index contributed by atoms with van der Waals surface area (Å²) in [5, 5.41) is 12.3. The predicted octanol–water partition coefficient (Wildman–Crippen LogP) is 1.46. The van der Waals surface area contributed by atoms with Gasteiger partial charge < -0.3 is 15.3 Å². The summed E-state index contributed by atoms with van der Waals surface area (Å²) in [5.74, 6) is 0.120. The molecular formula is C15H22N2O2. The molecule has 1 aromatic carbocycles. The number of fused-ring (bicyclic) bond motifs is 1. The number of aliphatic hydroxyl groups is 1. The summed E-state index contributed by atoms with van der Waals surface area (Å²) in [6.07, 6.45) is 1.04. The third-order valence-electron chi connectivity index (χ3n) is 3.69. The Balaban J connectivity index is 2.34. The van der Waals surface area contributed by atoms with Gasteiger partial charge >= 0.3 is 0 Å². The van der Waals surface area contributed by atoms with E-state index >= 15 is 0 Å². The van der Waals surface area contributed by atoms with Gasteiger partial charge in [0.15, 0.2) is 0 Å². The van der Waals surface area contributed by atoms with E-state index in [1.54, 1.807) is 0 Å². The molecule has 0 aromatic heterocycles. The Morgan fingerprint density at radius 1 is 1.42 bits per heavy atom.